The van der Waals surface area contributed by atoms with E-state index in [9.17, 15) is 0 Å². The van der Waals surface area contributed by atoms with Crippen molar-refractivity contribution in [1.82, 2.24) is 10.5 Å². The van der Waals surface area contributed by atoms with Crippen LogP contribution in [0.1, 0.15) is 31.4 Å². The van der Waals surface area contributed by atoms with E-state index in [2.05, 4.69) is 17.1 Å². The average Bonchev–Trinajstić information content (AvgIpc) is 2.69. The van der Waals surface area contributed by atoms with Crippen LogP contribution in [0.25, 0.3) is 0 Å². The summed E-state index contributed by atoms with van der Waals surface area (Å²) in [5.74, 6) is 0. The summed E-state index contributed by atoms with van der Waals surface area (Å²) in [6.07, 6.45) is 8.42. The van der Waals surface area contributed by atoms with Gasteiger partial charge in [0, 0.05) is 12.6 Å². The molecule has 0 aliphatic carbocycles. The molecule has 1 rings (SSSR count). The monoisotopic (exact) mass is 194 g/mol. The van der Waals surface area contributed by atoms with Crippen molar-refractivity contribution in [2.45, 2.75) is 32.2 Å². The van der Waals surface area contributed by atoms with Gasteiger partial charge in [0.25, 0.3) is 0 Å². The van der Waals surface area contributed by atoms with Crippen LogP contribution in [0.3, 0.4) is 0 Å². The van der Waals surface area contributed by atoms with E-state index in [0.29, 0.717) is 0 Å². The maximum absolute atomic E-state index is 4.72. The van der Waals surface area contributed by atoms with Crippen LogP contribution in [0.2, 0.25) is 0 Å². The van der Waals surface area contributed by atoms with E-state index in [-0.39, 0.29) is 0 Å². The van der Waals surface area contributed by atoms with Gasteiger partial charge in [-0.25, -0.2) is 0 Å². The van der Waals surface area contributed by atoms with Crippen LogP contribution in [-0.2, 0) is 6.54 Å². The molecule has 3 heteroatoms. The minimum Gasteiger partial charge on any atom is -0.364 e. The Labute approximate surface area is 85.2 Å². The second-order valence-corrected chi connectivity index (χ2v) is 3.31. The maximum atomic E-state index is 4.72. The first kappa shape index (κ1) is 11.0. The minimum absolute atomic E-state index is 0.804. The molecule has 0 spiro atoms. The highest BCUT2D eigenvalue weighted by molar-refractivity contribution is 4.93. The SMILES string of the molecule is C=CCCCCCNCc1ccon1. The summed E-state index contributed by atoms with van der Waals surface area (Å²) in [6.45, 7) is 5.54. The number of unbranched alkanes of at least 4 members (excludes halogenated alkanes) is 3. The van der Waals surface area contributed by atoms with Crippen molar-refractivity contribution in [3.8, 4) is 0 Å². The summed E-state index contributed by atoms with van der Waals surface area (Å²) in [5, 5.41) is 7.13. The molecule has 0 fully saturated rings. The standard InChI is InChI=1S/C11H18N2O/c1-2-3-4-5-6-8-12-10-11-7-9-14-13-11/h2,7,9,12H,1,3-6,8,10H2. The second kappa shape index (κ2) is 7.33. The minimum atomic E-state index is 0.804. The smallest absolute Gasteiger partial charge is 0.124 e. The van der Waals surface area contributed by atoms with Crippen LogP contribution in [-0.4, -0.2) is 11.7 Å². The van der Waals surface area contributed by atoms with Gasteiger partial charge < -0.3 is 9.84 Å². The summed E-state index contributed by atoms with van der Waals surface area (Å²) in [5.41, 5.74) is 0.969. The van der Waals surface area contributed by atoms with Gasteiger partial charge in [-0.2, -0.15) is 0 Å². The van der Waals surface area contributed by atoms with Gasteiger partial charge in [-0.1, -0.05) is 17.7 Å². The van der Waals surface area contributed by atoms with E-state index in [1.165, 1.54) is 19.3 Å². The van der Waals surface area contributed by atoms with Crippen molar-refractivity contribution in [3.05, 3.63) is 30.7 Å². The lowest BCUT2D eigenvalue weighted by Crippen LogP contribution is -2.14. The van der Waals surface area contributed by atoms with Crippen LogP contribution in [0, 0.1) is 0 Å². The van der Waals surface area contributed by atoms with Crippen molar-refractivity contribution in [2.75, 3.05) is 6.54 Å². The first-order valence-electron chi connectivity index (χ1n) is 5.14. The molecule has 0 amide bonds. The average molecular weight is 194 g/mol. The Balaban J connectivity index is 1.87. The first-order valence-corrected chi connectivity index (χ1v) is 5.14. The van der Waals surface area contributed by atoms with E-state index in [4.69, 9.17) is 4.52 Å². The molecule has 3 nitrogen and oxygen atoms in total. The second-order valence-electron chi connectivity index (χ2n) is 3.31. The van der Waals surface area contributed by atoms with Gasteiger partial charge in [-0.15, -0.1) is 6.58 Å². The van der Waals surface area contributed by atoms with E-state index in [0.717, 1.165) is 25.2 Å². The van der Waals surface area contributed by atoms with Crippen molar-refractivity contribution in [1.29, 1.82) is 0 Å². The Hall–Kier alpha value is -1.09. The summed E-state index contributed by atoms with van der Waals surface area (Å²) >= 11 is 0. The molecular weight excluding hydrogens is 176 g/mol. The zero-order valence-corrected chi connectivity index (χ0v) is 8.54. The van der Waals surface area contributed by atoms with Crippen molar-refractivity contribution < 1.29 is 4.52 Å². The number of aromatic nitrogens is 1. The largest absolute Gasteiger partial charge is 0.364 e. The molecule has 0 bridgehead atoms. The zero-order valence-electron chi connectivity index (χ0n) is 8.54. The van der Waals surface area contributed by atoms with Gasteiger partial charge in [0.05, 0.1) is 5.69 Å². The molecule has 0 radical (unpaired) electrons. The summed E-state index contributed by atoms with van der Waals surface area (Å²) in [6, 6.07) is 1.88. The number of hydrogen-bond donors (Lipinski definition) is 1. The molecule has 1 aromatic rings. The van der Waals surface area contributed by atoms with Crippen LogP contribution in [0.4, 0.5) is 0 Å². The highest BCUT2D eigenvalue weighted by atomic mass is 16.5. The third-order valence-corrected chi connectivity index (χ3v) is 2.06. The van der Waals surface area contributed by atoms with E-state index >= 15 is 0 Å². The van der Waals surface area contributed by atoms with Crippen LogP contribution < -0.4 is 5.32 Å². The highest BCUT2D eigenvalue weighted by Gasteiger charge is 1.94. The fourth-order valence-electron chi connectivity index (χ4n) is 1.26. The first-order chi connectivity index (χ1) is 6.93. The molecule has 1 aromatic heterocycles. The number of allylic oxidation sites excluding steroid dienone is 1. The molecule has 78 valence electrons. The molecular formula is C11H18N2O. The lowest BCUT2D eigenvalue weighted by atomic mass is 10.2. The Morgan fingerprint density at radius 2 is 2.36 bits per heavy atom. The molecule has 0 saturated heterocycles. The number of nitrogens with zero attached hydrogens (tertiary/aromatic N) is 1. The lowest BCUT2D eigenvalue weighted by molar-refractivity contribution is 0.408. The molecule has 0 atom stereocenters. The van der Waals surface area contributed by atoms with Crippen molar-refractivity contribution in [2.24, 2.45) is 0 Å². The summed E-state index contributed by atoms with van der Waals surface area (Å²) in [4.78, 5) is 0. The third-order valence-electron chi connectivity index (χ3n) is 2.06. The maximum Gasteiger partial charge on any atom is 0.124 e. The normalized spacial score (nSPS) is 10.3. The van der Waals surface area contributed by atoms with E-state index in [1.807, 2.05) is 12.1 Å². The predicted molar refractivity (Wildman–Crippen MR) is 56.9 cm³/mol. The van der Waals surface area contributed by atoms with Gasteiger partial charge in [0.1, 0.15) is 6.26 Å². The highest BCUT2D eigenvalue weighted by Crippen LogP contribution is 1.99. The van der Waals surface area contributed by atoms with Gasteiger partial charge >= 0.3 is 0 Å². The van der Waals surface area contributed by atoms with Gasteiger partial charge in [-0.05, 0) is 25.8 Å². The third kappa shape index (κ3) is 4.82. The Morgan fingerprint density at radius 3 is 3.07 bits per heavy atom. The Bertz CT molecular complexity index is 231. The van der Waals surface area contributed by atoms with Gasteiger partial charge in [-0.3, -0.25) is 0 Å². The van der Waals surface area contributed by atoms with E-state index in [1.54, 1.807) is 6.26 Å². The molecule has 0 aliphatic rings. The summed E-state index contributed by atoms with van der Waals surface area (Å²) in [7, 11) is 0. The fraction of sp³-hybridized carbons (Fsp3) is 0.545. The van der Waals surface area contributed by atoms with Gasteiger partial charge in [0.2, 0.25) is 0 Å². The Kier molecular flexibility index (Phi) is 5.75. The topological polar surface area (TPSA) is 38.1 Å². The van der Waals surface area contributed by atoms with Crippen LogP contribution >= 0.6 is 0 Å². The Morgan fingerprint density at radius 1 is 1.43 bits per heavy atom. The fourth-order valence-corrected chi connectivity index (χ4v) is 1.26. The summed E-state index contributed by atoms with van der Waals surface area (Å²) < 4.78 is 4.72. The molecule has 0 saturated carbocycles. The quantitative estimate of drug-likeness (QED) is 0.510. The molecule has 0 aromatic carbocycles. The molecule has 1 N–H and O–H groups in total. The molecule has 0 aliphatic heterocycles. The lowest BCUT2D eigenvalue weighted by Gasteiger charge is -2.01. The molecule has 1 heterocycles. The van der Waals surface area contributed by atoms with Gasteiger partial charge in [0.15, 0.2) is 0 Å². The van der Waals surface area contributed by atoms with Crippen molar-refractivity contribution >= 4 is 0 Å². The number of hydrogen-bond acceptors (Lipinski definition) is 3. The van der Waals surface area contributed by atoms with E-state index < -0.39 is 0 Å². The number of rotatable bonds is 8. The molecule has 0 unspecified atom stereocenters. The predicted octanol–water partition coefficient (Wildman–Crippen LogP) is 2.51. The molecule has 14 heavy (non-hydrogen) atoms. The number of nitrogens with one attached hydrogen (secondary N) is 1. The zero-order chi connectivity index (χ0) is 10.1. The van der Waals surface area contributed by atoms with Crippen molar-refractivity contribution in [3.63, 3.8) is 0 Å². The van der Waals surface area contributed by atoms with Crippen LogP contribution in [0.15, 0.2) is 29.5 Å². The van der Waals surface area contributed by atoms with Crippen LogP contribution in [0.5, 0.6) is 0 Å².